The lowest BCUT2D eigenvalue weighted by atomic mass is 10.1. The molecule has 0 bridgehead atoms. The molecule has 0 saturated carbocycles. The zero-order valence-corrected chi connectivity index (χ0v) is 18.7. The molecule has 3 aromatic carbocycles. The van der Waals surface area contributed by atoms with Crippen LogP contribution in [0.25, 0.3) is 11.3 Å². The third kappa shape index (κ3) is 4.96. The Morgan fingerprint density at radius 3 is 2.31 bits per heavy atom. The Morgan fingerprint density at radius 1 is 0.938 bits per heavy atom. The van der Waals surface area contributed by atoms with Crippen molar-refractivity contribution < 1.29 is 9.59 Å². The Balaban J connectivity index is 1.71. The van der Waals surface area contributed by atoms with Crippen LogP contribution < -0.4 is 15.5 Å². The van der Waals surface area contributed by atoms with Gasteiger partial charge in [-0.2, -0.15) is 0 Å². The Morgan fingerprint density at radius 2 is 1.62 bits per heavy atom. The number of nitrogens with zero attached hydrogens (tertiary/aromatic N) is 2. The van der Waals surface area contributed by atoms with Crippen molar-refractivity contribution in [1.82, 2.24) is 9.99 Å². The number of aryl methyl sites for hydroxylation is 1. The minimum Gasteiger partial charge on any atom is -0.307 e. The number of amides is 2. The summed E-state index contributed by atoms with van der Waals surface area (Å²) in [5.41, 5.74) is 6.23. The van der Waals surface area contributed by atoms with Crippen molar-refractivity contribution in [2.24, 2.45) is 5.10 Å². The van der Waals surface area contributed by atoms with Crippen LogP contribution in [0, 0.1) is 6.92 Å². The van der Waals surface area contributed by atoms with Gasteiger partial charge in [0.05, 0.1) is 5.69 Å². The van der Waals surface area contributed by atoms with Gasteiger partial charge in [0.1, 0.15) is 0 Å². The van der Waals surface area contributed by atoms with Crippen molar-refractivity contribution in [2.45, 2.75) is 6.92 Å². The summed E-state index contributed by atoms with van der Waals surface area (Å²) in [5.74, 6) is -0.361. The van der Waals surface area contributed by atoms with E-state index in [1.807, 2.05) is 42.6 Å². The number of carbonyl (C=O) groups is 2. The molecular weight excluding hydrogens is 444 g/mol. The molecular formula is C24H19ClN4O2S. The van der Waals surface area contributed by atoms with Crippen molar-refractivity contribution >= 4 is 40.6 Å². The predicted molar refractivity (Wildman–Crippen MR) is 128 cm³/mol. The fourth-order valence-electron chi connectivity index (χ4n) is 2.98. The number of anilines is 1. The fraction of sp³-hybridized carbons (Fsp3) is 0.0417. The number of halogens is 1. The molecule has 6 nitrogen and oxygen atoms in total. The molecule has 0 saturated heterocycles. The molecule has 0 spiro atoms. The summed E-state index contributed by atoms with van der Waals surface area (Å²) < 4.78 is 1.44. The van der Waals surface area contributed by atoms with Gasteiger partial charge >= 0.3 is 6.03 Å². The standard InChI is InChI=1S/C24H19ClN4O2S/c1-16-7-9-17(10-8-16)21-15-32-24(28-27-22(30)18-5-3-2-4-6-18)29(21)23(31)26-20-13-11-19(25)12-14-20/h2-15H,1H3,(H,26,31)(H,27,30)/b28-24-. The molecule has 2 amide bonds. The third-order valence-corrected chi connectivity index (χ3v) is 5.72. The highest BCUT2D eigenvalue weighted by Gasteiger charge is 2.16. The first kappa shape index (κ1) is 21.5. The number of carbonyl (C=O) groups excluding carboxylic acids is 2. The van der Waals surface area contributed by atoms with Gasteiger partial charge in [0, 0.05) is 21.7 Å². The fourth-order valence-corrected chi connectivity index (χ4v) is 3.95. The van der Waals surface area contributed by atoms with Gasteiger partial charge in [-0.25, -0.2) is 14.8 Å². The number of benzene rings is 3. The Hall–Kier alpha value is -3.68. The lowest BCUT2D eigenvalue weighted by Crippen LogP contribution is -2.31. The smallest absolute Gasteiger partial charge is 0.307 e. The molecule has 0 aliphatic carbocycles. The van der Waals surface area contributed by atoms with Crippen LogP contribution in [0.4, 0.5) is 10.5 Å². The van der Waals surface area contributed by atoms with Crippen LogP contribution in [-0.4, -0.2) is 16.5 Å². The van der Waals surface area contributed by atoms with Crippen LogP contribution in [0.5, 0.6) is 0 Å². The minimum atomic E-state index is -0.406. The third-order valence-electron chi connectivity index (χ3n) is 4.64. The summed E-state index contributed by atoms with van der Waals surface area (Å²) in [6, 6.07) is 23.0. The zero-order valence-electron chi connectivity index (χ0n) is 17.1. The molecule has 8 heteroatoms. The maximum absolute atomic E-state index is 13.2. The van der Waals surface area contributed by atoms with E-state index < -0.39 is 6.03 Å². The van der Waals surface area contributed by atoms with E-state index in [0.717, 1.165) is 11.1 Å². The van der Waals surface area contributed by atoms with E-state index in [0.29, 0.717) is 26.8 Å². The van der Waals surface area contributed by atoms with Crippen molar-refractivity contribution in [3.8, 4) is 11.3 Å². The highest BCUT2D eigenvalue weighted by Crippen LogP contribution is 2.21. The first-order chi connectivity index (χ1) is 15.5. The van der Waals surface area contributed by atoms with Gasteiger partial charge in [-0.1, -0.05) is 59.6 Å². The van der Waals surface area contributed by atoms with Gasteiger partial charge in [0.25, 0.3) is 5.91 Å². The quantitative estimate of drug-likeness (QED) is 0.393. The van der Waals surface area contributed by atoms with Gasteiger partial charge < -0.3 is 5.32 Å². The maximum Gasteiger partial charge on any atom is 0.332 e. The topological polar surface area (TPSA) is 75.5 Å². The highest BCUT2D eigenvalue weighted by molar-refractivity contribution is 7.07. The van der Waals surface area contributed by atoms with Crippen LogP contribution in [0.2, 0.25) is 5.02 Å². The van der Waals surface area contributed by atoms with Crippen molar-refractivity contribution in [3.05, 3.63) is 105 Å². The van der Waals surface area contributed by atoms with Crippen LogP contribution in [0.1, 0.15) is 15.9 Å². The molecule has 0 unspecified atom stereocenters. The lowest BCUT2D eigenvalue weighted by molar-refractivity contribution is 0.0953. The van der Waals surface area contributed by atoms with E-state index >= 15 is 0 Å². The van der Waals surface area contributed by atoms with E-state index in [-0.39, 0.29) is 5.91 Å². The van der Waals surface area contributed by atoms with Crippen molar-refractivity contribution in [2.75, 3.05) is 5.32 Å². The van der Waals surface area contributed by atoms with Crippen LogP contribution in [-0.2, 0) is 0 Å². The molecule has 0 fully saturated rings. The van der Waals surface area contributed by atoms with E-state index in [9.17, 15) is 9.59 Å². The summed E-state index contributed by atoms with van der Waals surface area (Å²) >= 11 is 7.19. The Labute approximate surface area is 193 Å². The second-order valence-corrected chi connectivity index (χ2v) is 8.23. The van der Waals surface area contributed by atoms with E-state index in [4.69, 9.17) is 11.6 Å². The maximum atomic E-state index is 13.2. The second-order valence-electron chi connectivity index (χ2n) is 6.96. The monoisotopic (exact) mass is 462 g/mol. The predicted octanol–water partition coefficient (Wildman–Crippen LogP) is 5.50. The van der Waals surface area contributed by atoms with Crippen LogP contribution >= 0.6 is 22.9 Å². The summed E-state index contributed by atoms with van der Waals surface area (Å²) in [6.07, 6.45) is 0. The number of nitrogens with one attached hydrogen (secondary N) is 2. The van der Waals surface area contributed by atoms with Gasteiger partial charge in [0.2, 0.25) is 4.80 Å². The molecule has 0 aliphatic heterocycles. The van der Waals surface area contributed by atoms with E-state index in [1.54, 1.807) is 48.5 Å². The number of hydrogen-bond donors (Lipinski definition) is 2. The minimum absolute atomic E-state index is 0.330. The summed E-state index contributed by atoms with van der Waals surface area (Å²) in [7, 11) is 0. The SMILES string of the molecule is Cc1ccc(-c2cs/c(=N\NC(=O)c3ccccc3)n2C(=O)Nc2ccc(Cl)cc2)cc1. The summed E-state index contributed by atoms with van der Waals surface area (Å²) in [5, 5.41) is 9.48. The Kier molecular flexibility index (Phi) is 6.49. The molecule has 4 aromatic rings. The first-order valence-corrected chi connectivity index (χ1v) is 11.0. The molecule has 32 heavy (non-hydrogen) atoms. The number of hydrogen-bond acceptors (Lipinski definition) is 4. The zero-order chi connectivity index (χ0) is 22.5. The van der Waals surface area contributed by atoms with Crippen LogP contribution in [0.3, 0.4) is 0 Å². The molecule has 0 atom stereocenters. The van der Waals surface area contributed by atoms with Gasteiger partial charge in [-0.05, 0) is 48.9 Å². The van der Waals surface area contributed by atoms with Gasteiger partial charge in [-0.3, -0.25) is 4.79 Å². The first-order valence-electron chi connectivity index (χ1n) is 9.75. The number of thiazole rings is 1. The average Bonchev–Trinajstić information content (AvgIpc) is 3.24. The second kappa shape index (κ2) is 9.64. The number of aromatic nitrogens is 1. The van der Waals surface area contributed by atoms with Crippen molar-refractivity contribution in [3.63, 3.8) is 0 Å². The highest BCUT2D eigenvalue weighted by atomic mass is 35.5. The van der Waals surface area contributed by atoms with Gasteiger partial charge in [-0.15, -0.1) is 16.4 Å². The molecule has 1 heterocycles. The molecule has 1 aromatic heterocycles. The molecule has 160 valence electrons. The van der Waals surface area contributed by atoms with Crippen molar-refractivity contribution in [1.29, 1.82) is 0 Å². The average molecular weight is 463 g/mol. The Bertz CT molecular complexity index is 1310. The molecule has 4 rings (SSSR count). The molecule has 2 N–H and O–H groups in total. The normalized spacial score (nSPS) is 11.2. The largest absolute Gasteiger partial charge is 0.332 e. The lowest BCUT2D eigenvalue weighted by Gasteiger charge is -2.10. The number of rotatable bonds is 4. The molecule has 0 aliphatic rings. The summed E-state index contributed by atoms with van der Waals surface area (Å²) in [4.78, 5) is 26.0. The van der Waals surface area contributed by atoms with E-state index in [1.165, 1.54) is 15.9 Å². The van der Waals surface area contributed by atoms with E-state index in [2.05, 4.69) is 15.8 Å². The van der Waals surface area contributed by atoms with Crippen LogP contribution in [0.15, 0.2) is 89.3 Å². The summed E-state index contributed by atoms with van der Waals surface area (Å²) in [6.45, 7) is 2.00. The molecule has 0 radical (unpaired) electrons. The van der Waals surface area contributed by atoms with Gasteiger partial charge in [0.15, 0.2) is 0 Å².